The van der Waals surface area contributed by atoms with E-state index in [0.717, 1.165) is 15.2 Å². The first-order valence-electron chi connectivity index (χ1n) is 11.6. The van der Waals surface area contributed by atoms with Gasteiger partial charge in [0.1, 0.15) is 11.5 Å². The quantitative estimate of drug-likeness (QED) is 0.118. The Bertz CT molecular complexity index is 1500. The van der Waals surface area contributed by atoms with Gasteiger partial charge in [-0.05, 0) is 54.8 Å². The molecule has 0 heterocycles. The molecule has 4 aromatic carbocycles. The first-order valence-corrected chi connectivity index (χ1v) is 12.4. The third-order valence-corrected chi connectivity index (χ3v) is 6.09. The molecule has 0 bridgehead atoms. The van der Waals surface area contributed by atoms with E-state index in [9.17, 15) is 9.59 Å². The van der Waals surface area contributed by atoms with E-state index in [1.54, 1.807) is 37.3 Å². The zero-order valence-corrected chi connectivity index (χ0v) is 22.5. The van der Waals surface area contributed by atoms with Crippen molar-refractivity contribution in [2.75, 3.05) is 14.2 Å². The number of rotatable bonds is 9. The van der Waals surface area contributed by atoms with E-state index in [1.165, 1.54) is 26.5 Å². The number of hydrazone groups is 1. The standard InChI is InChI=1S/C29H25BrN2O6/c1-18(37-25-10-6-8-19-7-4-5-9-23(19)25)28(33)32-31-17-21-15-22(30)12-14-24(21)38-29(34)20-11-13-26(35-2)27(16-20)36-3/h4-18H,1-3H3,(H,32,33)/b31-17+. The maximum atomic E-state index is 12.8. The van der Waals surface area contributed by atoms with Crippen LogP contribution in [0.25, 0.3) is 10.8 Å². The molecular formula is C29H25BrN2O6. The average Bonchev–Trinajstić information content (AvgIpc) is 2.94. The molecule has 1 N–H and O–H groups in total. The van der Waals surface area contributed by atoms with Crippen molar-refractivity contribution in [3.63, 3.8) is 0 Å². The molecular weight excluding hydrogens is 552 g/mol. The predicted molar refractivity (Wildman–Crippen MR) is 148 cm³/mol. The van der Waals surface area contributed by atoms with Crippen LogP contribution in [0.5, 0.6) is 23.0 Å². The molecule has 8 nitrogen and oxygen atoms in total. The van der Waals surface area contributed by atoms with Gasteiger partial charge in [-0.1, -0.05) is 52.3 Å². The minimum atomic E-state index is -0.803. The topological polar surface area (TPSA) is 95.5 Å². The van der Waals surface area contributed by atoms with Crippen LogP contribution in [0, 0.1) is 0 Å². The molecule has 1 atom stereocenters. The monoisotopic (exact) mass is 576 g/mol. The van der Waals surface area contributed by atoms with E-state index < -0.39 is 18.0 Å². The van der Waals surface area contributed by atoms with Crippen molar-refractivity contribution in [2.45, 2.75) is 13.0 Å². The highest BCUT2D eigenvalue weighted by Gasteiger charge is 2.17. The van der Waals surface area contributed by atoms with Crippen molar-refractivity contribution in [1.82, 2.24) is 5.43 Å². The highest BCUT2D eigenvalue weighted by atomic mass is 79.9. The second kappa shape index (κ2) is 12.2. The fourth-order valence-electron chi connectivity index (χ4n) is 3.63. The lowest BCUT2D eigenvalue weighted by atomic mass is 10.1. The minimum absolute atomic E-state index is 0.256. The Labute approximate surface area is 228 Å². The van der Waals surface area contributed by atoms with Gasteiger partial charge in [-0.25, -0.2) is 10.2 Å². The van der Waals surface area contributed by atoms with Crippen LogP contribution in [0.15, 0.2) is 88.4 Å². The molecule has 9 heteroatoms. The number of halogens is 1. The lowest BCUT2D eigenvalue weighted by Gasteiger charge is -2.15. The maximum Gasteiger partial charge on any atom is 0.343 e. The van der Waals surface area contributed by atoms with Gasteiger partial charge in [-0.3, -0.25) is 4.79 Å². The summed E-state index contributed by atoms with van der Waals surface area (Å²) < 4.78 is 22.7. The number of benzene rings is 4. The molecule has 0 aliphatic carbocycles. The second-order valence-corrected chi connectivity index (χ2v) is 9.03. The summed E-state index contributed by atoms with van der Waals surface area (Å²) in [7, 11) is 3.00. The first-order chi connectivity index (χ1) is 18.4. The highest BCUT2D eigenvalue weighted by molar-refractivity contribution is 9.10. The summed E-state index contributed by atoms with van der Waals surface area (Å²) >= 11 is 3.40. The molecule has 1 unspecified atom stereocenters. The van der Waals surface area contributed by atoms with E-state index in [4.69, 9.17) is 18.9 Å². The average molecular weight is 577 g/mol. The van der Waals surface area contributed by atoms with Crippen molar-refractivity contribution in [3.8, 4) is 23.0 Å². The summed E-state index contributed by atoms with van der Waals surface area (Å²) in [6.07, 6.45) is 0.590. The van der Waals surface area contributed by atoms with Crippen molar-refractivity contribution >= 4 is 44.8 Å². The molecule has 4 aromatic rings. The normalized spacial score (nSPS) is 11.7. The Hall–Kier alpha value is -4.37. The van der Waals surface area contributed by atoms with E-state index in [0.29, 0.717) is 22.8 Å². The number of carbonyl (C=O) groups is 2. The van der Waals surface area contributed by atoms with Crippen molar-refractivity contribution in [3.05, 3.63) is 94.5 Å². The molecule has 0 aromatic heterocycles. The summed E-state index contributed by atoms with van der Waals surface area (Å²) in [5, 5.41) is 5.97. The summed E-state index contributed by atoms with van der Waals surface area (Å²) in [5.41, 5.74) is 3.23. The van der Waals surface area contributed by atoms with Crippen LogP contribution >= 0.6 is 15.9 Å². The highest BCUT2D eigenvalue weighted by Crippen LogP contribution is 2.29. The number of hydrogen-bond acceptors (Lipinski definition) is 7. The van der Waals surface area contributed by atoms with Crippen LogP contribution in [-0.4, -0.2) is 38.4 Å². The Balaban J connectivity index is 1.44. The van der Waals surface area contributed by atoms with Crippen LogP contribution < -0.4 is 24.4 Å². The summed E-state index contributed by atoms with van der Waals surface area (Å²) in [6, 6.07) is 23.2. The van der Waals surface area contributed by atoms with Crippen molar-refractivity contribution in [2.24, 2.45) is 5.10 Å². The number of methoxy groups -OCH3 is 2. The van der Waals surface area contributed by atoms with Crippen LogP contribution in [0.4, 0.5) is 0 Å². The summed E-state index contributed by atoms with van der Waals surface area (Å²) in [4.78, 5) is 25.4. The third-order valence-electron chi connectivity index (χ3n) is 5.59. The minimum Gasteiger partial charge on any atom is -0.493 e. The van der Waals surface area contributed by atoms with Crippen LogP contribution in [0.1, 0.15) is 22.8 Å². The van der Waals surface area contributed by atoms with Crippen LogP contribution in [-0.2, 0) is 4.79 Å². The lowest BCUT2D eigenvalue weighted by Crippen LogP contribution is -2.33. The van der Waals surface area contributed by atoms with E-state index in [2.05, 4.69) is 26.5 Å². The number of nitrogens with one attached hydrogen (secondary N) is 1. The van der Waals surface area contributed by atoms with Crippen LogP contribution in [0.3, 0.4) is 0 Å². The fourth-order valence-corrected chi connectivity index (χ4v) is 4.01. The van der Waals surface area contributed by atoms with Gasteiger partial charge in [0.15, 0.2) is 17.6 Å². The molecule has 194 valence electrons. The number of esters is 1. The van der Waals surface area contributed by atoms with Gasteiger partial charge < -0.3 is 18.9 Å². The zero-order chi connectivity index (χ0) is 27.1. The molecule has 0 aliphatic rings. The van der Waals surface area contributed by atoms with Gasteiger partial charge in [0, 0.05) is 15.4 Å². The molecule has 0 fully saturated rings. The van der Waals surface area contributed by atoms with Gasteiger partial charge in [-0.15, -0.1) is 0 Å². The van der Waals surface area contributed by atoms with Crippen LogP contribution in [0.2, 0.25) is 0 Å². The summed E-state index contributed by atoms with van der Waals surface area (Å²) in [6.45, 7) is 1.64. The summed E-state index contributed by atoms with van der Waals surface area (Å²) in [5.74, 6) is 0.728. The Morgan fingerprint density at radius 1 is 0.868 bits per heavy atom. The van der Waals surface area contributed by atoms with Gasteiger partial charge in [0.2, 0.25) is 0 Å². The van der Waals surface area contributed by atoms with E-state index >= 15 is 0 Å². The van der Waals surface area contributed by atoms with Crippen molar-refractivity contribution in [1.29, 1.82) is 0 Å². The van der Waals surface area contributed by atoms with Gasteiger partial charge in [-0.2, -0.15) is 5.10 Å². The zero-order valence-electron chi connectivity index (χ0n) is 20.9. The molecule has 0 aliphatic heterocycles. The Kier molecular flexibility index (Phi) is 8.60. The smallest absolute Gasteiger partial charge is 0.343 e. The number of fused-ring (bicyclic) bond motifs is 1. The van der Waals surface area contributed by atoms with Gasteiger partial charge in [0.25, 0.3) is 5.91 Å². The molecule has 0 spiro atoms. The number of amides is 1. The molecule has 4 rings (SSSR count). The van der Waals surface area contributed by atoms with Gasteiger partial charge in [0.05, 0.1) is 26.0 Å². The number of carbonyl (C=O) groups excluding carboxylic acids is 2. The Morgan fingerprint density at radius 3 is 2.39 bits per heavy atom. The first kappa shape index (κ1) is 26.7. The van der Waals surface area contributed by atoms with E-state index in [1.807, 2.05) is 42.5 Å². The molecule has 0 saturated carbocycles. The third kappa shape index (κ3) is 6.30. The number of ether oxygens (including phenoxy) is 4. The van der Waals surface area contributed by atoms with Crippen molar-refractivity contribution < 1.29 is 28.5 Å². The number of hydrogen-bond donors (Lipinski definition) is 1. The predicted octanol–water partition coefficient (Wildman–Crippen LogP) is 5.76. The van der Waals surface area contributed by atoms with E-state index in [-0.39, 0.29) is 11.3 Å². The molecule has 38 heavy (non-hydrogen) atoms. The number of nitrogens with zero attached hydrogens (tertiary/aromatic N) is 1. The Morgan fingerprint density at radius 2 is 1.61 bits per heavy atom. The lowest BCUT2D eigenvalue weighted by molar-refractivity contribution is -0.127. The van der Waals surface area contributed by atoms with Gasteiger partial charge >= 0.3 is 5.97 Å². The largest absolute Gasteiger partial charge is 0.493 e. The fraction of sp³-hybridized carbons (Fsp3) is 0.138. The molecule has 0 saturated heterocycles. The maximum absolute atomic E-state index is 12.8. The second-order valence-electron chi connectivity index (χ2n) is 8.11. The molecule has 1 amide bonds. The SMILES string of the molecule is COc1ccc(C(=O)Oc2ccc(Br)cc2/C=N/NC(=O)C(C)Oc2cccc3ccccc23)cc1OC. The molecule has 0 radical (unpaired) electrons.